The highest BCUT2D eigenvalue weighted by Gasteiger charge is 2.11. The molecule has 0 aromatic carbocycles. The topological polar surface area (TPSA) is 37.3 Å². The highest BCUT2D eigenvalue weighted by molar-refractivity contribution is 7.92. The first-order valence-electron chi connectivity index (χ1n) is 2.21. The molecule has 1 aliphatic rings. The second-order valence-electron chi connectivity index (χ2n) is 1.55. The Kier molecular flexibility index (Phi) is 1.21. The number of hydrogen-bond donors (Lipinski definition) is 1. The quantitative estimate of drug-likeness (QED) is 0.532. The molecule has 0 radical (unpaired) electrons. The molecule has 1 N–H and O–H groups in total. The first-order valence-corrected chi connectivity index (χ1v) is 3.36. The summed E-state index contributed by atoms with van der Waals surface area (Å²) in [5.74, 6) is 0. The van der Waals surface area contributed by atoms with Crippen LogP contribution in [-0.2, 0) is 10.8 Å². The third kappa shape index (κ3) is 0.690. The van der Waals surface area contributed by atoms with Crippen molar-refractivity contribution in [2.75, 3.05) is 0 Å². The molecule has 0 fully saturated rings. The zero-order chi connectivity index (χ0) is 6.15. The average molecular weight is 130 g/mol. The van der Waals surface area contributed by atoms with Crippen molar-refractivity contribution in [3.8, 4) is 0 Å². The fourth-order valence-corrected chi connectivity index (χ4v) is 1.19. The standard InChI is InChI=1S/C5H6O2S/c1-4-2-3-5(6)8(4)7/h2-3,6H,1H3. The van der Waals surface area contributed by atoms with Crippen LogP contribution in [0, 0.1) is 0 Å². The Morgan fingerprint density at radius 1 is 1.62 bits per heavy atom. The van der Waals surface area contributed by atoms with Gasteiger partial charge in [0.05, 0.1) is 0 Å². The summed E-state index contributed by atoms with van der Waals surface area (Å²) in [6, 6.07) is 0. The monoisotopic (exact) mass is 130 g/mol. The van der Waals surface area contributed by atoms with Crippen molar-refractivity contribution >= 4 is 10.8 Å². The van der Waals surface area contributed by atoms with Gasteiger partial charge in [0.2, 0.25) is 0 Å². The summed E-state index contributed by atoms with van der Waals surface area (Å²) in [5.41, 5.74) is 0. The van der Waals surface area contributed by atoms with Gasteiger partial charge in [0.25, 0.3) is 0 Å². The van der Waals surface area contributed by atoms with Crippen molar-refractivity contribution in [1.82, 2.24) is 0 Å². The van der Waals surface area contributed by atoms with E-state index in [1.54, 1.807) is 13.0 Å². The Bertz CT molecular complexity index is 171. The average Bonchev–Trinajstić information content (AvgIpc) is 1.98. The molecule has 2 nitrogen and oxygen atoms in total. The van der Waals surface area contributed by atoms with Crippen LogP contribution in [0.1, 0.15) is 6.92 Å². The Morgan fingerprint density at radius 3 is 2.38 bits per heavy atom. The number of aliphatic hydroxyl groups is 1. The Labute approximate surface area is 50.0 Å². The molecule has 1 atom stereocenters. The minimum Gasteiger partial charge on any atom is -0.500 e. The van der Waals surface area contributed by atoms with E-state index >= 15 is 0 Å². The van der Waals surface area contributed by atoms with Crippen LogP contribution in [0.2, 0.25) is 0 Å². The van der Waals surface area contributed by atoms with Gasteiger partial charge in [-0.05, 0) is 19.1 Å². The SMILES string of the molecule is CC1=CC=C(O)S1=O. The van der Waals surface area contributed by atoms with E-state index in [9.17, 15) is 4.21 Å². The van der Waals surface area contributed by atoms with Crippen molar-refractivity contribution in [3.05, 3.63) is 22.1 Å². The predicted octanol–water partition coefficient (Wildman–Crippen LogP) is 1.05. The van der Waals surface area contributed by atoms with Gasteiger partial charge in [-0.2, -0.15) is 0 Å². The van der Waals surface area contributed by atoms with Crippen LogP contribution in [0.5, 0.6) is 0 Å². The highest BCUT2D eigenvalue weighted by atomic mass is 32.2. The van der Waals surface area contributed by atoms with Gasteiger partial charge < -0.3 is 5.11 Å². The molecule has 0 aromatic heterocycles. The molecule has 0 saturated carbocycles. The first kappa shape index (κ1) is 5.56. The fourth-order valence-electron chi connectivity index (χ4n) is 0.477. The van der Waals surface area contributed by atoms with E-state index in [1.807, 2.05) is 0 Å². The van der Waals surface area contributed by atoms with Crippen molar-refractivity contribution in [3.63, 3.8) is 0 Å². The van der Waals surface area contributed by atoms with Crippen LogP contribution >= 0.6 is 0 Å². The summed E-state index contributed by atoms with van der Waals surface area (Å²) >= 11 is 0. The third-order valence-corrected chi connectivity index (χ3v) is 2.18. The molecule has 1 aliphatic heterocycles. The molecule has 1 unspecified atom stereocenters. The maximum absolute atomic E-state index is 10.6. The highest BCUT2D eigenvalue weighted by Crippen LogP contribution is 2.15. The second kappa shape index (κ2) is 1.74. The van der Waals surface area contributed by atoms with E-state index in [0.717, 1.165) is 0 Å². The predicted molar refractivity (Wildman–Crippen MR) is 32.6 cm³/mol. The molecule has 0 saturated heterocycles. The van der Waals surface area contributed by atoms with Crippen LogP contribution in [0.3, 0.4) is 0 Å². The van der Waals surface area contributed by atoms with Crippen molar-refractivity contribution < 1.29 is 9.32 Å². The van der Waals surface area contributed by atoms with E-state index in [4.69, 9.17) is 5.11 Å². The van der Waals surface area contributed by atoms with E-state index in [0.29, 0.717) is 4.91 Å². The lowest BCUT2D eigenvalue weighted by atomic mass is 10.5. The molecule has 0 bridgehead atoms. The molecule has 1 heterocycles. The maximum atomic E-state index is 10.6. The minimum absolute atomic E-state index is 0.0394. The van der Waals surface area contributed by atoms with Gasteiger partial charge >= 0.3 is 0 Å². The van der Waals surface area contributed by atoms with E-state index in [-0.39, 0.29) is 5.09 Å². The van der Waals surface area contributed by atoms with Crippen molar-refractivity contribution in [2.24, 2.45) is 0 Å². The minimum atomic E-state index is -1.23. The molecule has 0 aliphatic carbocycles. The van der Waals surface area contributed by atoms with E-state index in [2.05, 4.69) is 0 Å². The number of aliphatic hydroxyl groups excluding tert-OH is 1. The lowest BCUT2D eigenvalue weighted by Gasteiger charge is -1.88. The van der Waals surface area contributed by atoms with Gasteiger partial charge in [-0.3, -0.25) is 0 Å². The lowest BCUT2D eigenvalue weighted by molar-refractivity contribution is 0.452. The fraction of sp³-hybridized carbons (Fsp3) is 0.200. The van der Waals surface area contributed by atoms with Crippen LogP contribution in [0.25, 0.3) is 0 Å². The first-order chi connectivity index (χ1) is 3.72. The molecule has 44 valence electrons. The Hall–Kier alpha value is -0.570. The summed E-state index contributed by atoms with van der Waals surface area (Å²) in [6.45, 7) is 1.72. The zero-order valence-electron chi connectivity index (χ0n) is 4.42. The largest absolute Gasteiger partial charge is 0.500 e. The lowest BCUT2D eigenvalue weighted by Crippen LogP contribution is -1.87. The molecular weight excluding hydrogens is 124 g/mol. The van der Waals surface area contributed by atoms with Crippen molar-refractivity contribution in [2.45, 2.75) is 6.92 Å². The second-order valence-corrected chi connectivity index (χ2v) is 3.15. The van der Waals surface area contributed by atoms with Gasteiger partial charge in [-0.25, -0.2) is 4.21 Å². The van der Waals surface area contributed by atoms with Gasteiger partial charge in [0.15, 0.2) is 5.09 Å². The van der Waals surface area contributed by atoms with Crippen LogP contribution in [-0.4, -0.2) is 9.32 Å². The van der Waals surface area contributed by atoms with Gasteiger partial charge in [-0.1, -0.05) is 0 Å². The summed E-state index contributed by atoms with van der Waals surface area (Å²) in [5, 5.41) is 8.64. The summed E-state index contributed by atoms with van der Waals surface area (Å²) in [4.78, 5) is 0.711. The maximum Gasteiger partial charge on any atom is 0.185 e. The van der Waals surface area contributed by atoms with Crippen molar-refractivity contribution in [1.29, 1.82) is 0 Å². The molecule has 8 heavy (non-hydrogen) atoms. The Morgan fingerprint density at radius 2 is 2.25 bits per heavy atom. The molecule has 0 amide bonds. The number of hydrogen-bond acceptors (Lipinski definition) is 2. The van der Waals surface area contributed by atoms with E-state index in [1.165, 1.54) is 6.08 Å². The third-order valence-electron chi connectivity index (χ3n) is 0.943. The molecule has 0 aromatic rings. The summed E-state index contributed by atoms with van der Waals surface area (Å²) in [6.07, 6.45) is 3.09. The van der Waals surface area contributed by atoms with Gasteiger partial charge in [-0.15, -0.1) is 0 Å². The molecule has 0 spiro atoms. The number of rotatable bonds is 0. The number of allylic oxidation sites excluding steroid dienone is 3. The van der Waals surface area contributed by atoms with Gasteiger partial charge in [0.1, 0.15) is 10.8 Å². The molecule has 3 heteroatoms. The van der Waals surface area contributed by atoms with E-state index < -0.39 is 10.8 Å². The zero-order valence-corrected chi connectivity index (χ0v) is 5.23. The van der Waals surface area contributed by atoms with Crippen LogP contribution < -0.4 is 0 Å². The molecule has 1 rings (SSSR count). The van der Waals surface area contributed by atoms with Gasteiger partial charge in [0, 0.05) is 4.91 Å². The Balaban J connectivity index is 2.92. The van der Waals surface area contributed by atoms with Crippen LogP contribution in [0.4, 0.5) is 0 Å². The summed E-state index contributed by atoms with van der Waals surface area (Å²) in [7, 11) is -1.23. The normalized spacial score (nSPS) is 27.4. The smallest absolute Gasteiger partial charge is 0.185 e. The van der Waals surface area contributed by atoms with Crippen LogP contribution in [0.15, 0.2) is 22.1 Å². The molecular formula is C5H6O2S. The summed E-state index contributed by atoms with van der Waals surface area (Å²) < 4.78 is 10.6.